The van der Waals surface area contributed by atoms with Crippen LogP contribution >= 0.6 is 0 Å². The Morgan fingerprint density at radius 3 is 2.40 bits per heavy atom. The number of anilines is 1. The van der Waals surface area contributed by atoms with Gasteiger partial charge in [-0.2, -0.15) is 13.2 Å². The summed E-state index contributed by atoms with van der Waals surface area (Å²) in [6.07, 6.45) is -4.96. The van der Waals surface area contributed by atoms with Crippen LogP contribution in [0, 0.1) is 0 Å². The number of methoxy groups -OCH3 is 2. The lowest BCUT2D eigenvalue weighted by molar-refractivity contribution is -0.142. The van der Waals surface area contributed by atoms with Gasteiger partial charge in [0, 0.05) is 11.8 Å². The summed E-state index contributed by atoms with van der Waals surface area (Å²) in [5.41, 5.74) is -2.57. The number of benzene rings is 2. The van der Waals surface area contributed by atoms with Gasteiger partial charge in [-0.3, -0.25) is 14.2 Å². The Hall–Kier alpha value is -3.56. The maximum Gasteiger partial charge on any atom is 0.438 e. The van der Waals surface area contributed by atoms with E-state index in [0.717, 1.165) is 4.57 Å². The van der Waals surface area contributed by atoms with E-state index in [0.29, 0.717) is 17.2 Å². The molecule has 0 spiro atoms. The Balaban J connectivity index is 2.04. The molecule has 158 valence electrons. The third kappa shape index (κ3) is 3.93. The van der Waals surface area contributed by atoms with Gasteiger partial charge >= 0.3 is 6.18 Å². The summed E-state index contributed by atoms with van der Waals surface area (Å²) in [6, 6.07) is 9.18. The molecule has 7 nitrogen and oxygen atoms in total. The van der Waals surface area contributed by atoms with Crippen molar-refractivity contribution >= 4 is 22.6 Å². The van der Waals surface area contributed by atoms with Crippen molar-refractivity contribution in [2.24, 2.45) is 0 Å². The van der Waals surface area contributed by atoms with Gasteiger partial charge in [0.1, 0.15) is 6.04 Å². The summed E-state index contributed by atoms with van der Waals surface area (Å²) < 4.78 is 51.0. The zero-order chi connectivity index (χ0) is 22.1. The van der Waals surface area contributed by atoms with Gasteiger partial charge in [-0.25, -0.2) is 4.98 Å². The van der Waals surface area contributed by atoms with Gasteiger partial charge in [0.05, 0.1) is 25.3 Å². The van der Waals surface area contributed by atoms with Crippen LogP contribution in [-0.4, -0.2) is 29.7 Å². The molecule has 1 N–H and O–H groups in total. The van der Waals surface area contributed by atoms with Gasteiger partial charge in [0.15, 0.2) is 11.5 Å². The lowest BCUT2D eigenvalue weighted by atomic mass is 10.2. The van der Waals surface area contributed by atoms with Gasteiger partial charge in [0.2, 0.25) is 11.6 Å². The summed E-state index contributed by atoms with van der Waals surface area (Å²) in [7, 11) is 2.88. The van der Waals surface area contributed by atoms with Crippen LogP contribution in [-0.2, 0) is 11.0 Å². The third-order valence-electron chi connectivity index (χ3n) is 4.48. The van der Waals surface area contributed by atoms with E-state index in [4.69, 9.17) is 9.47 Å². The quantitative estimate of drug-likeness (QED) is 0.680. The minimum absolute atomic E-state index is 0.0461. The highest BCUT2D eigenvalue weighted by Crippen LogP contribution is 2.30. The number of nitrogens with zero attached hydrogens (tertiary/aromatic N) is 2. The zero-order valence-electron chi connectivity index (χ0n) is 16.3. The largest absolute Gasteiger partial charge is 0.493 e. The molecule has 1 atom stereocenters. The molecule has 3 aromatic rings. The number of carbonyl (C=O) groups excluding carboxylic acids is 1. The molecule has 0 aliphatic rings. The summed E-state index contributed by atoms with van der Waals surface area (Å²) in [5, 5.41) is 2.58. The first-order chi connectivity index (χ1) is 14.2. The number of ether oxygens (including phenoxy) is 2. The van der Waals surface area contributed by atoms with Crippen molar-refractivity contribution in [3.8, 4) is 11.5 Å². The van der Waals surface area contributed by atoms with Crippen molar-refractivity contribution in [1.29, 1.82) is 0 Å². The second-order valence-corrected chi connectivity index (χ2v) is 6.36. The number of hydrogen-bond acceptors (Lipinski definition) is 5. The van der Waals surface area contributed by atoms with Gasteiger partial charge in [0.25, 0.3) is 5.56 Å². The van der Waals surface area contributed by atoms with Crippen LogP contribution in [0.3, 0.4) is 0 Å². The monoisotopic (exact) mass is 421 g/mol. The van der Waals surface area contributed by atoms with Crippen LogP contribution in [0.2, 0.25) is 0 Å². The van der Waals surface area contributed by atoms with Crippen LogP contribution in [0.5, 0.6) is 11.5 Å². The molecule has 1 heterocycles. The van der Waals surface area contributed by atoms with Crippen molar-refractivity contribution < 1.29 is 27.4 Å². The SMILES string of the molecule is COc1ccc(NC(=O)C(C)n2c(=O)c(C(F)(F)F)nc3ccccc32)cc1OC. The second kappa shape index (κ2) is 8.05. The smallest absolute Gasteiger partial charge is 0.438 e. The molecular formula is C20H18F3N3O4. The van der Waals surface area contributed by atoms with E-state index >= 15 is 0 Å². The molecule has 0 radical (unpaired) electrons. The van der Waals surface area contributed by atoms with Crippen molar-refractivity contribution in [3.63, 3.8) is 0 Å². The third-order valence-corrected chi connectivity index (χ3v) is 4.48. The maximum absolute atomic E-state index is 13.3. The molecule has 0 saturated heterocycles. The van der Waals surface area contributed by atoms with E-state index in [1.165, 1.54) is 45.4 Å². The zero-order valence-corrected chi connectivity index (χ0v) is 16.3. The number of carbonyl (C=O) groups is 1. The molecule has 0 aliphatic carbocycles. The van der Waals surface area contributed by atoms with Crippen LogP contribution in [0.4, 0.5) is 18.9 Å². The van der Waals surface area contributed by atoms with Crippen LogP contribution in [0.25, 0.3) is 11.0 Å². The first kappa shape index (κ1) is 21.2. The summed E-state index contributed by atoms with van der Waals surface area (Å²) in [6.45, 7) is 1.34. The fraction of sp³-hybridized carbons (Fsp3) is 0.250. The summed E-state index contributed by atoms with van der Waals surface area (Å²) in [4.78, 5) is 28.8. The number of hydrogen-bond donors (Lipinski definition) is 1. The van der Waals surface area contributed by atoms with E-state index in [9.17, 15) is 22.8 Å². The van der Waals surface area contributed by atoms with E-state index in [1.807, 2.05) is 0 Å². The van der Waals surface area contributed by atoms with Gasteiger partial charge in [-0.05, 0) is 31.2 Å². The van der Waals surface area contributed by atoms with Crippen molar-refractivity contribution in [2.75, 3.05) is 19.5 Å². The lowest BCUT2D eigenvalue weighted by Gasteiger charge is -2.19. The average Bonchev–Trinajstić information content (AvgIpc) is 2.71. The Bertz CT molecular complexity index is 1160. The first-order valence-corrected chi connectivity index (χ1v) is 8.78. The normalized spacial score (nSPS) is 12.5. The number of fused-ring (bicyclic) bond motifs is 1. The number of para-hydroxylation sites is 2. The van der Waals surface area contributed by atoms with Crippen molar-refractivity contribution in [2.45, 2.75) is 19.1 Å². The first-order valence-electron chi connectivity index (χ1n) is 8.78. The van der Waals surface area contributed by atoms with Gasteiger partial charge in [-0.15, -0.1) is 0 Å². The fourth-order valence-corrected chi connectivity index (χ4v) is 3.00. The molecule has 0 aliphatic heterocycles. The minimum Gasteiger partial charge on any atom is -0.493 e. The molecule has 0 fully saturated rings. The fourth-order valence-electron chi connectivity index (χ4n) is 3.00. The van der Waals surface area contributed by atoms with Crippen LogP contribution in [0.15, 0.2) is 47.3 Å². The maximum atomic E-state index is 13.3. The van der Waals surface area contributed by atoms with E-state index in [2.05, 4.69) is 10.3 Å². The molecular weight excluding hydrogens is 403 g/mol. The number of halogens is 3. The molecule has 3 rings (SSSR count). The van der Waals surface area contributed by atoms with Crippen LogP contribution < -0.4 is 20.3 Å². The molecule has 0 bridgehead atoms. The summed E-state index contributed by atoms with van der Waals surface area (Å²) in [5.74, 6) is 0.109. The van der Waals surface area contributed by atoms with Crippen LogP contribution in [0.1, 0.15) is 18.7 Å². The Kier molecular flexibility index (Phi) is 5.68. The van der Waals surface area contributed by atoms with Gasteiger partial charge < -0.3 is 14.8 Å². The molecule has 1 amide bonds. The minimum atomic E-state index is -4.96. The molecule has 1 unspecified atom stereocenters. The van der Waals surface area contributed by atoms with E-state index in [-0.39, 0.29) is 11.0 Å². The average molecular weight is 421 g/mol. The number of amides is 1. The topological polar surface area (TPSA) is 82.5 Å². The Labute approximate surface area is 169 Å². The lowest BCUT2D eigenvalue weighted by Crippen LogP contribution is -2.36. The molecule has 10 heteroatoms. The Morgan fingerprint density at radius 2 is 1.77 bits per heavy atom. The highest BCUT2D eigenvalue weighted by molar-refractivity contribution is 5.94. The molecule has 1 aromatic heterocycles. The second-order valence-electron chi connectivity index (χ2n) is 6.36. The predicted molar refractivity (Wildman–Crippen MR) is 104 cm³/mol. The van der Waals surface area contributed by atoms with E-state index in [1.54, 1.807) is 18.2 Å². The van der Waals surface area contributed by atoms with Crippen molar-refractivity contribution in [1.82, 2.24) is 9.55 Å². The molecule has 30 heavy (non-hydrogen) atoms. The van der Waals surface area contributed by atoms with E-state index < -0.39 is 29.4 Å². The number of alkyl halides is 3. The standard InChI is InChI=1S/C20H18F3N3O4/c1-11(18(27)24-12-8-9-15(29-2)16(10-12)30-3)26-14-7-5-4-6-13(14)25-17(19(26)28)20(21,22)23/h4-11H,1-3H3,(H,24,27). The molecule has 0 saturated carbocycles. The number of rotatable bonds is 5. The predicted octanol–water partition coefficient (Wildman–Crippen LogP) is 3.63. The highest BCUT2D eigenvalue weighted by atomic mass is 19.4. The summed E-state index contributed by atoms with van der Waals surface area (Å²) >= 11 is 0. The van der Waals surface area contributed by atoms with Gasteiger partial charge in [-0.1, -0.05) is 12.1 Å². The highest BCUT2D eigenvalue weighted by Gasteiger charge is 2.38. The number of nitrogens with one attached hydrogen (secondary N) is 1. The van der Waals surface area contributed by atoms with Crippen molar-refractivity contribution in [3.05, 3.63) is 58.5 Å². The Morgan fingerprint density at radius 1 is 1.10 bits per heavy atom. The number of aromatic nitrogens is 2. The molecule has 2 aromatic carbocycles.